The highest BCUT2D eigenvalue weighted by molar-refractivity contribution is 5.46. The van der Waals surface area contributed by atoms with Crippen LogP contribution in [0.3, 0.4) is 0 Å². The van der Waals surface area contributed by atoms with Crippen LogP contribution in [0.1, 0.15) is 40.7 Å². The molecule has 19 heavy (non-hydrogen) atoms. The molecule has 3 heteroatoms. The summed E-state index contributed by atoms with van der Waals surface area (Å²) >= 11 is 0. The number of hydrogen-bond acceptors (Lipinski definition) is 1. The molecule has 1 unspecified atom stereocenters. The molecule has 0 radical (unpaired) electrons. The molecule has 1 aliphatic rings. The number of hydrogen-bond donors (Lipinski definition) is 1. The van der Waals surface area contributed by atoms with Gasteiger partial charge in [-0.25, -0.2) is 8.78 Å². The molecule has 1 aliphatic heterocycles. The predicted molar refractivity (Wildman–Crippen MR) is 74.9 cm³/mol. The summed E-state index contributed by atoms with van der Waals surface area (Å²) in [5, 5.41) is 3.10. The fourth-order valence-corrected chi connectivity index (χ4v) is 3.08. The molecular weight excluding hydrogens is 244 g/mol. The molecule has 1 nitrogen and oxygen atoms in total. The molecule has 0 bridgehead atoms. The summed E-state index contributed by atoms with van der Waals surface area (Å²) in [6, 6.07) is 2.00. The van der Waals surface area contributed by atoms with E-state index in [2.05, 4.69) is 5.32 Å². The molecule has 1 atom stereocenters. The molecule has 106 valence electrons. The lowest BCUT2D eigenvalue weighted by Crippen LogP contribution is -2.40. The zero-order valence-corrected chi connectivity index (χ0v) is 12.2. The number of alkyl halides is 2. The van der Waals surface area contributed by atoms with Crippen molar-refractivity contribution in [2.24, 2.45) is 5.92 Å². The van der Waals surface area contributed by atoms with Gasteiger partial charge in [-0.05, 0) is 69.3 Å². The van der Waals surface area contributed by atoms with Crippen LogP contribution in [-0.4, -0.2) is 13.1 Å². The van der Waals surface area contributed by atoms with Crippen LogP contribution in [-0.2, 0) is 5.92 Å². The van der Waals surface area contributed by atoms with Crippen molar-refractivity contribution >= 4 is 0 Å². The summed E-state index contributed by atoms with van der Waals surface area (Å²) in [4.78, 5) is 0. The molecule has 1 aromatic rings. The second-order valence-corrected chi connectivity index (χ2v) is 5.80. The van der Waals surface area contributed by atoms with Crippen LogP contribution in [0.5, 0.6) is 0 Å². The van der Waals surface area contributed by atoms with Crippen molar-refractivity contribution < 1.29 is 8.78 Å². The molecule has 0 amide bonds. The maximum absolute atomic E-state index is 14.9. The first-order chi connectivity index (χ1) is 8.85. The first-order valence-corrected chi connectivity index (χ1v) is 7.02. The van der Waals surface area contributed by atoms with Gasteiger partial charge < -0.3 is 5.32 Å². The Kier molecular flexibility index (Phi) is 3.95. The fraction of sp³-hybridized carbons (Fsp3) is 0.625. The van der Waals surface area contributed by atoms with Gasteiger partial charge in [0.2, 0.25) is 0 Å². The van der Waals surface area contributed by atoms with E-state index in [1.807, 2.05) is 33.8 Å². The maximum Gasteiger partial charge on any atom is 0.277 e. The van der Waals surface area contributed by atoms with Gasteiger partial charge in [-0.2, -0.15) is 0 Å². The normalized spacial score (nSPS) is 20.6. The third kappa shape index (κ3) is 2.53. The van der Waals surface area contributed by atoms with Crippen LogP contribution in [0, 0.1) is 33.6 Å². The highest BCUT2D eigenvalue weighted by Crippen LogP contribution is 2.43. The van der Waals surface area contributed by atoms with Gasteiger partial charge in [0, 0.05) is 18.0 Å². The van der Waals surface area contributed by atoms with E-state index in [1.54, 1.807) is 0 Å². The predicted octanol–water partition coefficient (Wildman–Crippen LogP) is 4.01. The molecule has 1 fully saturated rings. The molecule has 0 aromatic heterocycles. The lowest BCUT2D eigenvalue weighted by molar-refractivity contribution is -0.0735. The Morgan fingerprint density at radius 2 is 1.68 bits per heavy atom. The zero-order chi connectivity index (χ0) is 14.2. The summed E-state index contributed by atoms with van der Waals surface area (Å²) < 4.78 is 29.8. The molecule has 0 saturated carbocycles. The average molecular weight is 267 g/mol. The van der Waals surface area contributed by atoms with E-state index in [0.29, 0.717) is 13.0 Å². The Labute approximate surface area is 114 Å². The van der Waals surface area contributed by atoms with Crippen LogP contribution < -0.4 is 5.32 Å². The largest absolute Gasteiger partial charge is 0.316 e. The molecule has 1 aromatic carbocycles. The lowest BCUT2D eigenvalue weighted by atomic mass is 9.82. The highest BCUT2D eigenvalue weighted by Gasteiger charge is 2.44. The monoisotopic (exact) mass is 267 g/mol. The van der Waals surface area contributed by atoms with Gasteiger partial charge in [-0.3, -0.25) is 0 Å². The molecule has 0 spiro atoms. The van der Waals surface area contributed by atoms with Crippen LogP contribution in [0.4, 0.5) is 8.78 Å². The summed E-state index contributed by atoms with van der Waals surface area (Å²) in [6.07, 6.45) is 1.44. The molecule has 2 rings (SSSR count). The number of aryl methyl sites for hydroxylation is 2. The second kappa shape index (κ2) is 5.20. The highest BCUT2D eigenvalue weighted by atomic mass is 19.3. The van der Waals surface area contributed by atoms with E-state index < -0.39 is 11.8 Å². The lowest BCUT2D eigenvalue weighted by Gasteiger charge is -2.33. The van der Waals surface area contributed by atoms with Crippen LogP contribution in [0.25, 0.3) is 0 Å². The maximum atomic E-state index is 14.9. The molecule has 0 aliphatic carbocycles. The standard InChI is InChI=1S/C16H23F2N/c1-10-8-11(2)13(4)15(12(10)3)16(17,18)14-6-5-7-19-9-14/h8,14,19H,5-7,9H2,1-4H3. The first kappa shape index (κ1) is 14.4. The topological polar surface area (TPSA) is 12.0 Å². The summed E-state index contributed by atoms with van der Waals surface area (Å²) in [6.45, 7) is 8.75. The van der Waals surface area contributed by atoms with Gasteiger partial charge >= 0.3 is 0 Å². The SMILES string of the molecule is Cc1cc(C)c(C)c(C(F)(F)C2CCCNC2)c1C. The van der Waals surface area contributed by atoms with Crippen molar-refractivity contribution in [3.63, 3.8) is 0 Å². The van der Waals surface area contributed by atoms with Crippen LogP contribution in [0.15, 0.2) is 6.07 Å². The van der Waals surface area contributed by atoms with Gasteiger partial charge in [-0.15, -0.1) is 0 Å². The molecule has 1 heterocycles. The Morgan fingerprint density at radius 3 is 2.16 bits per heavy atom. The number of piperidine rings is 1. The number of halogens is 2. The Hall–Kier alpha value is -0.960. The van der Waals surface area contributed by atoms with E-state index in [9.17, 15) is 8.78 Å². The van der Waals surface area contributed by atoms with Gasteiger partial charge in [0.15, 0.2) is 0 Å². The first-order valence-electron chi connectivity index (χ1n) is 7.02. The molecular formula is C16H23F2N. The van der Waals surface area contributed by atoms with E-state index in [1.165, 1.54) is 0 Å². The second-order valence-electron chi connectivity index (χ2n) is 5.80. The van der Waals surface area contributed by atoms with Crippen molar-refractivity contribution in [3.05, 3.63) is 33.9 Å². The number of benzene rings is 1. The summed E-state index contributed by atoms with van der Waals surface area (Å²) in [5.74, 6) is -3.32. The zero-order valence-electron chi connectivity index (χ0n) is 12.2. The number of nitrogens with one attached hydrogen (secondary N) is 1. The smallest absolute Gasteiger partial charge is 0.277 e. The quantitative estimate of drug-likeness (QED) is 0.853. The Balaban J connectivity index is 2.50. The van der Waals surface area contributed by atoms with Gasteiger partial charge in [0.1, 0.15) is 0 Å². The van der Waals surface area contributed by atoms with Crippen LogP contribution >= 0.6 is 0 Å². The van der Waals surface area contributed by atoms with Crippen molar-refractivity contribution in [2.75, 3.05) is 13.1 Å². The van der Waals surface area contributed by atoms with Crippen molar-refractivity contribution in [1.82, 2.24) is 5.32 Å². The van der Waals surface area contributed by atoms with Crippen molar-refractivity contribution in [1.29, 1.82) is 0 Å². The van der Waals surface area contributed by atoms with E-state index in [4.69, 9.17) is 0 Å². The van der Waals surface area contributed by atoms with E-state index in [-0.39, 0.29) is 5.56 Å². The van der Waals surface area contributed by atoms with Gasteiger partial charge in [0.25, 0.3) is 5.92 Å². The van der Waals surface area contributed by atoms with Crippen molar-refractivity contribution in [2.45, 2.75) is 46.5 Å². The fourth-order valence-electron chi connectivity index (χ4n) is 3.08. The third-order valence-electron chi connectivity index (χ3n) is 4.51. The average Bonchev–Trinajstić information content (AvgIpc) is 2.37. The minimum atomic E-state index is -2.74. The molecule has 1 saturated heterocycles. The summed E-state index contributed by atoms with van der Waals surface area (Å²) in [5.41, 5.74) is 3.68. The minimum Gasteiger partial charge on any atom is -0.316 e. The number of rotatable bonds is 2. The Bertz CT molecular complexity index is 448. The summed E-state index contributed by atoms with van der Waals surface area (Å²) in [7, 11) is 0. The van der Waals surface area contributed by atoms with Crippen molar-refractivity contribution in [3.8, 4) is 0 Å². The molecule has 1 N–H and O–H groups in total. The van der Waals surface area contributed by atoms with Gasteiger partial charge in [-0.1, -0.05) is 6.07 Å². The van der Waals surface area contributed by atoms with E-state index >= 15 is 0 Å². The third-order valence-corrected chi connectivity index (χ3v) is 4.51. The Morgan fingerprint density at radius 1 is 1.11 bits per heavy atom. The van der Waals surface area contributed by atoms with Crippen LogP contribution in [0.2, 0.25) is 0 Å². The van der Waals surface area contributed by atoms with E-state index in [0.717, 1.165) is 35.2 Å². The minimum absolute atomic E-state index is 0.263. The van der Waals surface area contributed by atoms with Gasteiger partial charge in [0.05, 0.1) is 0 Å².